The lowest BCUT2D eigenvalue weighted by atomic mass is 10.2. The molecular weight excluding hydrogens is 438 g/mol. The van der Waals surface area contributed by atoms with Crippen molar-refractivity contribution in [3.8, 4) is 10.6 Å². The first-order chi connectivity index (χ1) is 15.4. The van der Waals surface area contributed by atoms with Crippen LogP contribution in [-0.2, 0) is 11.3 Å². The highest BCUT2D eigenvalue weighted by atomic mass is 32.2. The second-order valence-corrected chi connectivity index (χ2v) is 9.77. The Labute approximate surface area is 195 Å². The monoisotopic (exact) mass is 463 g/mol. The number of thioether (sulfide) groups is 1. The van der Waals surface area contributed by atoms with Gasteiger partial charge in [-0.05, 0) is 48.9 Å². The summed E-state index contributed by atoms with van der Waals surface area (Å²) in [4.78, 5) is 17.2. The first-order valence-electron chi connectivity index (χ1n) is 10.4. The SMILES string of the molecule is C=CCn1c(SCC(=O)Nc2ccc(-c3nc4ccc(C)cc4s3)cc2)nnc1C(C)C. The summed E-state index contributed by atoms with van der Waals surface area (Å²) in [7, 11) is 0. The number of benzene rings is 2. The van der Waals surface area contributed by atoms with Gasteiger partial charge in [-0.2, -0.15) is 0 Å². The molecule has 0 radical (unpaired) electrons. The van der Waals surface area contributed by atoms with Gasteiger partial charge in [0.15, 0.2) is 5.16 Å². The Kier molecular flexibility index (Phi) is 6.72. The van der Waals surface area contributed by atoms with Crippen molar-refractivity contribution in [3.63, 3.8) is 0 Å². The standard InChI is InChI=1S/C24H25N5OS2/c1-5-12-29-22(15(2)3)27-28-24(29)31-14-21(30)25-18-9-7-17(8-10-18)23-26-19-11-6-16(4)13-20(19)32-23/h5-11,13,15H,1,12,14H2,2-4H3,(H,25,30). The van der Waals surface area contributed by atoms with Crippen molar-refractivity contribution in [2.45, 2.75) is 38.4 Å². The predicted octanol–water partition coefficient (Wildman–Crippen LogP) is 5.90. The molecule has 0 saturated heterocycles. The van der Waals surface area contributed by atoms with Crippen LogP contribution in [0.1, 0.15) is 31.2 Å². The lowest BCUT2D eigenvalue weighted by Gasteiger charge is -2.10. The fourth-order valence-electron chi connectivity index (χ4n) is 3.31. The fourth-order valence-corrected chi connectivity index (χ4v) is 5.14. The van der Waals surface area contributed by atoms with Crippen LogP contribution in [0.15, 0.2) is 60.3 Å². The number of anilines is 1. The molecule has 6 nitrogen and oxygen atoms in total. The average molecular weight is 464 g/mol. The van der Waals surface area contributed by atoms with E-state index in [2.05, 4.69) is 61.1 Å². The molecule has 0 aliphatic carbocycles. The van der Waals surface area contributed by atoms with Crippen molar-refractivity contribution in [3.05, 3.63) is 66.5 Å². The van der Waals surface area contributed by atoms with E-state index in [1.54, 1.807) is 11.3 Å². The molecule has 2 aromatic heterocycles. The molecule has 0 fully saturated rings. The smallest absolute Gasteiger partial charge is 0.234 e. The van der Waals surface area contributed by atoms with E-state index in [1.807, 2.05) is 34.9 Å². The molecule has 8 heteroatoms. The Hall–Kier alpha value is -2.97. The van der Waals surface area contributed by atoms with Crippen LogP contribution in [0.5, 0.6) is 0 Å². The summed E-state index contributed by atoms with van der Waals surface area (Å²) in [6.45, 7) is 10.7. The van der Waals surface area contributed by atoms with Crippen LogP contribution in [0.4, 0.5) is 5.69 Å². The van der Waals surface area contributed by atoms with E-state index in [4.69, 9.17) is 4.98 Å². The number of hydrogen-bond acceptors (Lipinski definition) is 6. The third-order valence-electron chi connectivity index (χ3n) is 4.87. The van der Waals surface area contributed by atoms with Gasteiger partial charge in [-0.1, -0.05) is 37.8 Å². The van der Waals surface area contributed by atoms with Gasteiger partial charge in [0.1, 0.15) is 10.8 Å². The number of amides is 1. The van der Waals surface area contributed by atoms with Crippen LogP contribution < -0.4 is 5.32 Å². The minimum atomic E-state index is -0.0857. The molecule has 32 heavy (non-hydrogen) atoms. The number of rotatable bonds is 8. The molecule has 1 amide bonds. The highest BCUT2D eigenvalue weighted by Gasteiger charge is 2.16. The molecule has 2 heterocycles. The van der Waals surface area contributed by atoms with E-state index >= 15 is 0 Å². The minimum absolute atomic E-state index is 0.0857. The van der Waals surface area contributed by atoms with Crippen molar-refractivity contribution in [2.75, 3.05) is 11.1 Å². The Balaban J connectivity index is 1.39. The number of aromatic nitrogens is 4. The summed E-state index contributed by atoms with van der Waals surface area (Å²) < 4.78 is 3.18. The van der Waals surface area contributed by atoms with E-state index < -0.39 is 0 Å². The van der Waals surface area contributed by atoms with Crippen LogP contribution in [0, 0.1) is 6.92 Å². The Bertz CT molecular complexity index is 1260. The molecule has 2 aromatic carbocycles. The summed E-state index contributed by atoms with van der Waals surface area (Å²) in [5, 5.41) is 13.2. The first-order valence-corrected chi connectivity index (χ1v) is 12.2. The number of allylic oxidation sites excluding steroid dienone is 1. The van der Waals surface area contributed by atoms with Gasteiger partial charge in [-0.15, -0.1) is 28.1 Å². The van der Waals surface area contributed by atoms with Gasteiger partial charge in [0.25, 0.3) is 0 Å². The number of nitrogens with one attached hydrogen (secondary N) is 1. The molecule has 4 rings (SSSR count). The molecule has 0 saturated carbocycles. The van der Waals surface area contributed by atoms with Crippen molar-refractivity contribution in [1.29, 1.82) is 0 Å². The topological polar surface area (TPSA) is 72.7 Å². The summed E-state index contributed by atoms with van der Waals surface area (Å²) >= 11 is 3.05. The minimum Gasteiger partial charge on any atom is -0.325 e. The van der Waals surface area contributed by atoms with Crippen molar-refractivity contribution < 1.29 is 4.79 Å². The molecule has 164 valence electrons. The van der Waals surface area contributed by atoms with E-state index in [1.165, 1.54) is 22.0 Å². The number of hydrogen-bond donors (Lipinski definition) is 1. The number of nitrogens with zero attached hydrogens (tertiary/aromatic N) is 4. The van der Waals surface area contributed by atoms with Crippen LogP contribution in [0.25, 0.3) is 20.8 Å². The molecule has 0 aliphatic heterocycles. The van der Waals surface area contributed by atoms with Gasteiger partial charge < -0.3 is 9.88 Å². The van der Waals surface area contributed by atoms with Crippen molar-refractivity contribution in [2.24, 2.45) is 0 Å². The second kappa shape index (κ2) is 9.67. The lowest BCUT2D eigenvalue weighted by molar-refractivity contribution is -0.113. The quantitative estimate of drug-likeness (QED) is 0.260. The second-order valence-electron chi connectivity index (χ2n) is 7.80. The zero-order valence-corrected chi connectivity index (χ0v) is 20.0. The van der Waals surface area contributed by atoms with E-state index in [0.29, 0.717) is 6.54 Å². The largest absolute Gasteiger partial charge is 0.325 e. The summed E-state index contributed by atoms with van der Waals surface area (Å²) in [6.07, 6.45) is 1.81. The summed E-state index contributed by atoms with van der Waals surface area (Å²) in [6, 6.07) is 14.1. The third kappa shape index (κ3) is 4.92. The number of fused-ring (bicyclic) bond motifs is 1. The number of aryl methyl sites for hydroxylation is 1. The maximum Gasteiger partial charge on any atom is 0.234 e. The molecule has 0 unspecified atom stereocenters. The van der Waals surface area contributed by atoms with Gasteiger partial charge >= 0.3 is 0 Å². The Morgan fingerprint density at radius 3 is 2.72 bits per heavy atom. The van der Waals surface area contributed by atoms with Gasteiger partial charge in [0.05, 0.1) is 16.0 Å². The molecule has 0 aliphatic rings. The fraction of sp³-hybridized carbons (Fsp3) is 0.250. The van der Waals surface area contributed by atoms with Gasteiger partial charge in [0, 0.05) is 23.7 Å². The summed E-state index contributed by atoms with van der Waals surface area (Å²) in [5.74, 6) is 1.32. The maximum atomic E-state index is 12.5. The predicted molar refractivity (Wildman–Crippen MR) is 133 cm³/mol. The lowest BCUT2D eigenvalue weighted by Crippen LogP contribution is -2.14. The summed E-state index contributed by atoms with van der Waals surface area (Å²) in [5.41, 5.74) is 4.03. The third-order valence-corrected chi connectivity index (χ3v) is 6.90. The van der Waals surface area contributed by atoms with E-state index in [-0.39, 0.29) is 17.6 Å². The van der Waals surface area contributed by atoms with E-state index in [0.717, 1.165) is 32.8 Å². The zero-order valence-electron chi connectivity index (χ0n) is 18.3. The molecule has 0 spiro atoms. The molecule has 1 N–H and O–H groups in total. The first kappa shape index (κ1) is 22.2. The van der Waals surface area contributed by atoms with Crippen molar-refractivity contribution in [1.82, 2.24) is 19.7 Å². The van der Waals surface area contributed by atoms with Crippen molar-refractivity contribution >= 4 is 44.9 Å². The number of carbonyl (C=O) groups excluding carboxylic acids is 1. The molecule has 0 atom stereocenters. The van der Waals surface area contributed by atoms with Gasteiger partial charge in [-0.25, -0.2) is 4.98 Å². The van der Waals surface area contributed by atoms with Crippen LogP contribution in [0.3, 0.4) is 0 Å². The zero-order chi connectivity index (χ0) is 22.7. The number of thiazole rings is 1. The van der Waals surface area contributed by atoms with Gasteiger partial charge in [0.2, 0.25) is 5.91 Å². The highest BCUT2D eigenvalue weighted by molar-refractivity contribution is 7.99. The maximum absolute atomic E-state index is 12.5. The Morgan fingerprint density at radius 1 is 1.22 bits per heavy atom. The molecular formula is C24H25N5OS2. The van der Waals surface area contributed by atoms with E-state index in [9.17, 15) is 4.79 Å². The normalized spacial score (nSPS) is 11.2. The van der Waals surface area contributed by atoms with Crippen LogP contribution in [0.2, 0.25) is 0 Å². The van der Waals surface area contributed by atoms with Gasteiger partial charge in [-0.3, -0.25) is 4.79 Å². The number of carbonyl (C=O) groups is 1. The molecule has 0 bridgehead atoms. The molecule has 4 aromatic rings. The van der Waals surface area contributed by atoms with Crippen LogP contribution >= 0.6 is 23.1 Å². The van der Waals surface area contributed by atoms with Crippen LogP contribution in [-0.4, -0.2) is 31.4 Å². The highest BCUT2D eigenvalue weighted by Crippen LogP contribution is 2.31. The average Bonchev–Trinajstić information content (AvgIpc) is 3.37. The Morgan fingerprint density at radius 2 is 2.00 bits per heavy atom.